The van der Waals surface area contributed by atoms with Gasteiger partial charge in [0.2, 0.25) is 0 Å². The van der Waals surface area contributed by atoms with E-state index >= 15 is 0 Å². The average molecular weight is 322 g/mol. The van der Waals surface area contributed by atoms with E-state index in [2.05, 4.69) is 0 Å². The minimum absolute atomic E-state index is 0.132. The van der Waals surface area contributed by atoms with Crippen molar-refractivity contribution in [3.63, 3.8) is 0 Å². The Hall–Kier alpha value is -1.13. The molecule has 0 aliphatic rings. The van der Waals surface area contributed by atoms with Crippen LogP contribution in [0.5, 0.6) is 0 Å². The molecule has 0 fully saturated rings. The molecule has 0 amide bonds. The molecule has 0 aliphatic heterocycles. The lowest BCUT2D eigenvalue weighted by atomic mass is 10.1. The quantitative estimate of drug-likeness (QED) is 0.616. The molecule has 0 saturated heterocycles. The Labute approximate surface area is 99.3 Å². The van der Waals surface area contributed by atoms with Crippen molar-refractivity contribution in [2.75, 3.05) is 0 Å². The van der Waals surface area contributed by atoms with Crippen molar-refractivity contribution in [1.29, 1.82) is 0 Å². The highest BCUT2D eigenvalue weighted by molar-refractivity contribution is 8.46. The van der Waals surface area contributed by atoms with E-state index in [-0.39, 0.29) is 12.1 Å². The van der Waals surface area contributed by atoms with Gasteiger partial charge in [0.25, 0.3) is 0 Å². The van der Waals surface area contributed by atoms with E-state index in [1.807, 2.05) is 0 Å². The molecule has 0 unspecified atom stereocenters. The molecule has 0 nitrogen and oxygen atoms in total. The van der Waals surface area contributed by atoms with E-state index in [4.69, 9.17) is 0 Å². The molecule has 0 saturated carbocycles. The molecule has 0 spiro atoms. The van der Waals surface area contributed by atoms with E-state index in [0.717, 1.165) is 0 Å². The summed E-state index contributed by atoms with van der Waals surface area (Å²) in [6.07, 6.45) is 0. The molecule has 112 valence electrons. The molecular weight excluding hydrogens is 318 g/mol. The van der Waals surface area contributed by atoms with E-state index in [0.29, 0.717) is 12.1 Å². The molecule has 0 N–H and O–H groups in total. The summed E-state index contributed by atoms with van der Waals surface area (Å²) in [5, 5.41) is -7.69. The molecule has 1 aromatic carbocycles. The molecule has 19 heavy (non-hydrogen) atoms. The topological polar surface area (TPSA) is 0 Å². The molecule has 0 aromatic heterocycles. The second-order valence-corrected chi connectivity index (χ2v) is 5.99. The Bertz CT molecular complexity index is 501. The summed E-state index contributed by atoms with van der Waals surface area (Å²) in [5.41, 5.74) is -2.46. The third-order valence-electron chi connectivity index (χ3n) is 2.06. The van der Waals surface area contributed by atoms with Crippen LogP contribution in [0, 0.1) is 5.82 Å². The number of alkyl halides is 4. The SMILES string of the molecule is Fc1ccccc1C(F)(F)C(F)(F)S(F)(F)(F)(F)F. The van der Waals surface area contributed by atoms with Crippen molar-refractivity contribution in [2.24, 2.45) is 0 Å². The molecule has 11 heteroatoms. The highest BCUT2D eigenvalue weighted by atomic mass is 32.5. The first-order valence-corrected chi connectivity index (χ1v) is 6.20. The summed E-state index contributed by atoms with van der Waals surface area (Å²) in [6.45, 7) is 0. The Kier molecular flexibility index (Phi) is 2.77. The van der Waals surface area contributed by atoms with Gasteiger partial charge in [-0.25, -0.2) is 4.39 Å². The minimum atomic E-state index is -11.9. The van der Waals surface area contributed by atoms with Gasteiger partial charge in [0, 0.05) is 0 Å². The van der Waals surface area contributed by atoms with Crippen LogP contribution < -0.4 is 0 Å². The number of hydrogen-bond donors (Lipinski definition) is 0. The zero-order valence-corrected chi connectivity index (χ0v) is 9.31. The lowest BCUT2D eigenvalue weighted by Gasteiger charge is -2.48. The first-order chi connectivity index (χ1) is 8.01. The number of halogens is 10. The van der Waals surface area contributed by atoms with E-state index < -0.39 is 32.8 Å². The van der Waals surface area contributed by atoms with Gasteiger partial charge in [-0.3, -0.25) is 0 Å². The van der Waals surface area contributed by atoms with Crippen molar-refractivity contribution in [3.05, 3.63) is 35.6 Å². The second-order valence-electron chi connectivity index (χ2n) is 3.54. The van der Waals surface area contributed by atoms with Crippen LogP contribution in [0.25, 0.3) is 0 Å². The number of rotatable bonds is 3. The fourth-order valence-electron chi connectivity index (χ4n) is 1.11. The zero-order valence-electron chi connectivity index (χ0n) is 8.50. The van der Waals surface area contributed by atoms with Gasteiger partial charge in [0.1, 0.15) is 5.82 Å². The first-order valence-electron chi connectivity index (χ1n) is 4.25. The Morgan fingerprint density at radius 1 is 0.789 bits per heavy atom. The third-order valence-corrected chi connectivity index (χ3v) is 3.29. The zero-order chi connectivity index (χ0) is 15.4. The molecule has 0 aliphatic carbocycles. The lowest BCUT2D eigenvalue weighted by molar-refractivity contribution is -0.182. The maximum Gasteiger partial charge on any atom is 0.448 e. The summed E-state index contributed by atoms with van der Waals surface area (Å²) in [7, 11) is -11.9. The molecule has 1 aromatic rings. The molecule has 0 atom stereocenters. The molecule has 0 bridgehead atoms. The van der Waals surface area contributed by atoms with Crippen LogP contribution >= 0.6 is 10.2 Å². The van der Waals surface area contributed by atoms with Gasteiger partial charge in [-0.2, -0.15) is 17.6 Å². The van der Waals surface area contributed by atoms with Crippen LogP contribution in [0.4, 0.5) is 41.4 Å². The summed E-state index contributed by atoms with van der Waals surface area (Å²) in [6, 6.07) is 1.23. The normalized spacial score (nSPS) is 17.8. The van der Waals surface area contributed by atoms with Gasteiger partial charge in [0.05, 0.1) is 5.56 Å². The maximum atomic E-state index is 13.0. The number of hydrogen-bond acceptors (Lipinski definition) is 0. The third kappa shape index (κ3) is 2.35. The van der Waals surface area contributed by atoms with Gasteiger partial charge in [-0.1, -0.05) is 31.6 Å². The highest BCUT2D eigenvalue weighted by Crippen LogP contribution is 3.06. The van der Waals surface area contributed by atoms with E-state index in [1.165, 1.54) is 0 Å². The number of benzene rings is 1. The van der Waals surface area contributed by atoms with Crippen LogP contribution in [-0.4, -0.2) is 5.25 Å². The van der Waals surface area contributed by atoms with Crippen LogP contribution in [0.1, 0.15) is 5.56 Å². The summed E-state index contributed by atoms with van der Waals surface area (Å²) in [4.78, 5) is 0. The highest BCUT2D eigenvalue weighted by Gasteiger charge is 2.91. The van der Waals surface area contributed by atoms with E-state index in [9.17, 15) is 41.4 Å². The lowest BCUT2D eigenvalue weighted by Crippen LogP contribution is -2.47. The molecule has 1 rings (SSSR count). The fraction of sp³-hybridized carbons (Fsp3) is 0.250. The van der Waals surface area contributed by atoms with Crippen LogP contribution in [0.15, 0.2) is 24.3 Å². The average Bonchev–Trinajstić information content (AvgIpc) is 2.13. The minimum Gasteiger partial charge on any atom is -0.206 e. The standard InChI is InChI=1S/C8H4F10S/c9-6-4-2-1-3-5(6)7(10,11)8(12,13)19(14,15,16,17)18/h1-4H. The second kappa shape index (κ2) is 3.30. The van der Waals surface area contributed by atoms with Gasteiger partial charge < -0.3 is 0 Å². The van der Waals surface area contributed by atoms with Gasteiger partial charge in [-0.05, 0) is 12.1 Å². The van der Waals surface area contributed by atoms with Crippen LogP contribution in [0.3, 0.4) is 0 Å². The summed E-state index contributed by atoms with van der Waals surface area (Å²) >= 11 is 0. The molecular formula is C8H4F10S. The predicted octanol–water partition coefficient (Wildman–Crippen LogP) is 5.81. The smallest absolute Gasteiger partial charge is 0.206 e. The van der Waals surface area contributed by atoms with Crippen molar-refractivity contribution >= 4 is 10.2 Å². The van der Waals surface area contributed by atoms with Gasteiger partial charge in [-0.15, -0.1) is 0 Å². The van der Waals surface area contributed by atoms with Crippen molar-refractivity contribution in [1.82, 2.24) is 0 Å². The first kappa shape index (κ1) is 15.9. The summed E-state index contributed by atoms with van der Waals surface area (Å²) < 4.78 is 124. The monoisotopic (exact) mass is 322 g/mol. The Morgan fingerprint density at radius 3 is 1.58 bits per heavy atom. The van der Waals surface area contributed by atoms with Crippen molar-refractivity contribution in [2.45, 2.75) is 11.2 Å². The maximum absolute atomic E-state index is 13.0. The van der Waals surface area contributed by atoms with Crippen LogP contribution in [0.2, 0.25) is 0 Å². The predicted molar refractivity (Wildman–Crippen MR) is 48.4 cm³/mol. The Morgan fingerprint density at radius 2 is 1.21 bits per heavy atom. The fourth-order valence-corrected chi connectivity index (χ4v) is 1.71. The Balaban J connectivity index is 3.57. The van der Waals surface area contributed by atoms with Gasteiger partial charge in [0.15, 0.2) is 0 Å². The van der Waals surface area contributed by atoms with Gasteiger partial charge >= 0.3 is 21.4 Å². The van der Waals surface area contributed by atoms with E-state index in [1.54, 1.807) is 0 Å². The van der Waals surface area contributed by atoms with Crippen molar-refractivity contribution < 1.29 is 41.4 Å². The van der Waals surface area contributed by atoms with Crippen LogP contribution in [-0.2, 0) is 5.92 Å². The molecule has 0 radical (unpaired) electrons. The van der Waals surface area contributed by atoms with Crippen molar-refractivity contribution in [3.8, 4) is 0 Å². The molecule has 0 heterocycles. The largest absolute Gasteiger partial charge is 0.448 e. The summed E-state index contributed by atoms with van der Waals surface area (Å²) in [5.74, 6) is -8.60.